The summed E-state index contributed by atoms with van der Waals surface area (Å²) in [6, 6.07) is 9.60. The Hall–Kier alpha value is -3.29. The van der Waals surface area contributed by atoms with Gasteiger partial charge in [0.25, 0.3) is 11.8 Å². The van der Waals surface area contributed by atoms with Gasteiger partial charge in [0, 0.05) is 23.4 Å². The molecule has 1 amide bonds. The molecule has 2 heterocycles. The Labute approximate surface area is 230 Å². The summed E-state index contributed by atoms with van der Waals surface area (Å²) in [6.07, 6.45) is 5.24. The van der Waals surface area contributed by atoms with Crippen molar-refractivity contribution in [1.29, 1.82) is 0 Å². The molecule has 206 valence electrons. The number of aromatic nitrogens is 5. The smallest absolute Gasteiger partial charge is 0.274 e. The van der Waals surface area contributed by atoms with Crippen molar-refractivity contribution < 1.29 is 9.59 Å². The third-order valence-corrected chi connectivity index (χ3v) is 9.62. The predicted octanol–water partition coefficient (Wildman–Crippen LogP) is 5.55. The van der Waals surface area contributed by atoms with Gasteiger partial charge < -0.3 is 5.32 Å². The van der Waals surface area contributed by atoms with E-state index in [1.54, 1.807) is 0 Å². The number of fused-ring (bicyclic) bond motifs is 1. The lowest BCUT2D eigenvalue weighted by molar-refractivity contribution is 0.0564. The number of benzene rings is 1. The van der Waals surface area contributed by atoms with Crippen LogP contribution in [0.15, 0.2) is 30.3 Å². The summed E-state index contributed by atoms with van der Waals surface area (Å²) in [6.45, 7) is 12.9. The Morgan fingerprint density at radius 1 is 1.05 bits per heavy atom. The third-order valence-electron chi connectivity index (χ3n) is 9.62. The molecule has 5 unspecified atom stereocenters. The van der Waals surface area contributed by atoms with E-state index >= 15 is 0 Å². The Morgan fingerprint density at radius 3 is 2.49 bits per heavy atom. The lowest BCUT2D eigenvalue weighted by atomic mass is 9.63. The van der Waals surface area contributed by atoms with Crippen LogP contribution in [-0.4, -0.2) is 36.6 Å². The van der Waals surface area contributed by atoms with Gasteiger partial charge in [-0.25, -0.2) is 0 Å². The van der Waals surface area contributed by atoms with Crippen LogP contribution in [-0.2, 0) is 12.1 Å². The fourth-order valence-electron chi connectivity index (χ4n) is 7.99. The van der Waals surface area contributed by atoms with Crippen molar-refractivity contribution in [2.24, 2.45) is 29.1 Å². The topological polar surface area (TPSA) is 94.7 Å². The first-order valence-corrected chi connectivity index (χ1v) is 14.4. The number of nitrogens with zero attached hydrogens (tertiary/aromatic N) is 5. The highest BCUT2D eigenvalue weighted by Gasteiger charge is 2.60. The standard InChI is InChI=1S/C31H40N6O2/c1-18-12-22-13-23-15-31(14-18,16-24(22)23)29(39)36-27(21-10-8-7-9-11-21)26(33-35-36)28(38)32-17-25-19(2)34-37(20(25)3)30(4,5)6/h7-11,18,22-24H,12-17H2,1-6H3,(H,32,38). The molecule has 2 aromatic heterocycles. The summed E-state index contributed by atoms with van der Waals surface area (Å²) >= 11 is 0. The SMILES string of the molecule is Cc1nn(C(C)(C)C)c(C)c1CNC(=O)c1nnn(C(=O)C23CC(C)CC4CC(C2)C4C3)c1-c1ccccc1. The monoisotopic (exact) mass is 528 g/mol. The minimum Gasteiger partial charge on any atom is -0.346 e. The second-order valence-corrected chi connectivity index (χ2v) is 13.4. The van der Waals surface area contributed by atoms with Crippen LogP contribution < -0.4 is 5.32 Å². The van der Waals surface area contributed by atoms with E-state index in [0.29, 0.717) is 30.0 Å². The maximum absolute atomic E-state index is 14.4. The Balaban J connectivity index is 1.33. The van der Waals surface area contributed by atoms with E-state index in [1.807, 2.05) is 48.9 Å². The lowest BCUT2D eigenvalue weighted by Crippen LogP contribution is -2.37. The minimum atomic E-state index is -0.416. The number of aryl methyl sites for hydroxylation is 1. The first-order chi connectivity index (χ1) is 18.5. The molecular formula is C31H40N6O2. The summed E-state index contributed by atoms with van der Waals surface area (Å²) in [5.74, 6) is 2.25. The molecule has 3 aliphatic carbocycles. The molecule has 1 N–H and O–H groups in total. The highest BCUT2D eigenvalue weighted by atomic mass is 16.2. The van der Waals surface area contributed by atoms with E-state index in [4.69, 9.17) is 5.10 Å². The van der Waals surface area contributed by atoms with Crippen LogP contribution in [0.25, 0.3) is 11.3 Å². The fraction of sp³-hybridized carbons (Fsp3) is 0.581. The van der Waals surface area contributed by atoms with Gasteiger partial charge in [-0.15, -0.1) is 5.10 Å². The highest BCUT2D eigenvalue weighted by molar-refractivity contribution is 6.00. The number of carbonyl (C=O) groups excluding carboxylic acids is 2. The van der Waals surface area contributed by atoms with Crippen LogP contribution in [0.2, 0.25) is 0 Å². The van der Waals surface area contributed by atoms with Gasteiger partial charge in [-0.3, -0.25) is 14.3 Å². The molecule has 3 saturated carbocycles. The molecule has 2 bridgehead atoms. The molecule has 8 heteroatoms. The molecule has 8 nitrogen and oxygen atoms in total. The number of carbonyl (C=O) groups is 2. The quantitative estimate of drug-likeness (QED) is 0.469. The van der Waals surface area contributed by atoms with Crippen LogP contribution in [0, 0.1) is 42.9 Å². The number of hydrogen-bond acceptors (Lipinski definition) is 5. The average molecular weight is 529 g/mol. The van der Waals surface area contributed by atoms with Crippen LogP contribution >= 0.6 is 0 Å². The normalized spacial score (nSPS) is 27.6. The number of amides is 1. The van der Waals surface area contributed by atoms with Crippen LogP contribution in [0.1, 0.15) is 92.0 Å². The number of nitrogens with one attached hydrogen (secondary N) is 1. The summed E-state index contributed by atoms with van der Waals surface area (Å²) in [4.78, 5) is 28.0. The second kappa shape index (κ2) is 9.14. The van der Waals surface area contributed by atoms with Crippen molar-refractivity contribution in [2.45, 2.75) is 85.7 Å². The van der Waals surface area contributed by atoms with Gasteiger partial charge in [0.2, 0.25) is 0 Å². The van der Waals surface area contributed by atoms with Crippen molar-refractivity contribution >= 4 is 11.8 Å². The van der Waals surface area contributed by atoms with Gasteiger partial charge in [0.1, 0.15) is 5.69 Å². The van der Waals surface area contributed by atoms with Gasteiger partial charge in [-0.2, -0.15) is 9.78 Å². The van der Waals surface area contributed by atoms with E-state index in [1.165, 1.54) is 17.5 Å². The largest absolute Gasteiger partial charge is 0.346 e. The molecule has 6 rings (SSSR count). The molecule has 0 spiro atoms. The van der Waals surface area contributed by atoms with Crippen molar-refractivity contribution in [1.82, 2.24) is 30.1 Å². The predicted molar refractivity (Wildman–Crippen MR) is 149 cm³/mol. The van der Waals surface area contributed by atoms with Crippen molar-refractivity contribution in [3.63, 3.8) is 0 Å². The highest BCUT2D eigenvalue weighted by Crippen LogP contribution is 2.65. The van der Waals surface area contributed by atoms with Gasteiger partial charge in [-0.05, 0) is 90.4 Å². The maximum atomic E-state index is 14.4. The van der Waals surface area contributed by atoms with E-state index in [9.17, 15) is 9.59 Å². The maximum Gasteiger partial charge on any atom is 0.274 e. The molecule has 0 aliphatic heterocycles. The van der Waals surface area contributed by atoms with Crippen LogP contribution in [0.5, 0.6) is 0 Å². The molecule has 5 atom stereocenters. The molecule has 3 fully saturated rings. The van der Waals surface area contributed by atoms with Crippen molar-refractivity contribution in [3.05, 3.63) is 53.0 Å². The van der Waals surface area contributed by atoms with E-state index in [0.717, 1.165) is 47.7 Å². The summed E-state index contributed by atoms with van der Waals surface area (Å²) in [5.41, 5.74) is 3.77. The summed E-state index contributed by atoms with van der Waals surface area (Å²) in [7, 11) is 0. The summed E-state index contributed by atoms with van der Waals surface area (Å²) < 4.78 is 3.46. The fourth-order valence-corrected chi connectivity index (χ4v) is 7.99. The molecule has 1 aromatic carbocycles. The lowest BCUT2D eigenvalue weighted by Gasteiger charge is -2.42. The van der Waals surface area contributed by atoms with Gasteiger partial charge in [0.05, 0.1) is 16.6 Å². The molecule has 0 radical (unpaired) electrons. The zero-order valence-electron chi connectivity index (χ0n) is 24.0. The molecule has 3 aliphatic rings. The zero-order chi connectivity index (χ0) is 27.7. The summed E-state index contributed by atoms with van der Waals surface area (Å²) in [5, 5.41) is 16.4. The Morgan fingerprint density at radius 2 is 1.79 bits per heavy atom. The van der Waals surface area contributed by atoms with Gasteiger partial charge in [0.15, 0.2) is 5.69 Å². The average Bonchev–Trinajstić information content (AvgIpc) is 3.51. The first-order valence-electron chi connectivity index (χ1n) is 14.4. The Kier molecular flexibility index (Phi) is 6.08. The Bertz CT molecular complexity index is 1430. The van der Waals surface area contributed by atoms with Gasteiger partial charge in [-0.1, -0.05) is 42.5 Å². The van der Waals surface area contributed by atoms with Crippen LogP contribution in [0.4, 0.5) is 0 Å². The number of hydrogen-bond donors (Lipinski definition) is 1. The molecular weight excluding hydrogens is 488 g/mol. The minimum absolute atomic E-state index is 0.00736. The van der Waals surface area contributed by atoms with Crippen LogP contribution in [0.3, 0.4) is 0 Å². The second-order valence-electron chi connectivity index (χ2n) is 13.4. The van der Waals surface area contributed by atoms with Crippen molar-refractivity contribution in [2.75, 3.05) is 0 Å². The van der Waals surface area contributed by atoms with E-state index in [2.05, 4.69) is 43.3 Å². The van der Waals surface area contributed by atoms with E-state index < -0.39 is 5.41 Å². The zero-order valence-corrected chi connectivity index (χ0v) is 24.0. The third kappa shape index (κ3) is 4.23. The molecule has 3 aromatic rings. The van der Waals surface area contributed by atoms with Crippen molar-refractivity contribution in [3.8, 4) is 11.3 Å². The van der Waals surface area contributed by atoms with E-state index in [-0.39, 0.29) is 23.0 Å². The van der Waals surface area contributed by atoms with Gasteiger partial charge >= 0.3 is 0 Å². The molecule has 0 saturated heterocycles. The molecule has 39 heavy (non-hydrogen) atoms. The number of rotatable bonds is 5. The first kappa shape index (κ1) is 26.0.